The molecule has 0 saturated carbocycles. The van der Waals surface area contributed by atoms with Crippen LogP contribution >= 0.6 is 0 Å². The number of fused-ring (bicyclic) bond motifs is 3. The van der Waals surface area contributed by atoms with Crippen LogP contribution in [0.3, 0.4) is 0 Å². The molecule has 4 aromatic carbocycles. The zero-order chi connectivity index (χ0) is 23.4. The van der Waals surface area contributed by atoms with E-state index < -0.39 is 10.1 Å². The molecule has 6 heteroatoms. The molecule has 0 spiro atoms. The Labute approximate surface area is 195 Å². The Hall–Kier alpha value is -4.16. The van der Waals surface area contributed by atoms with E-state index in [1.54, 1.807) is 34.7 Å². The number of aryl methyl sites for hydroxylation is 1. The molecule has 0 aliphatic rings. The summed E-state index contributed by atoms with van der Waals surface area (Å²) >= 11 is 0. The maximum atomic E-state index is 14.0. The highest BCUT2D eigenvalue weighted by atomic mass is 32.2. The Morgan fingerprint density at radius 1 is 0.706 bits per heavy atom. The summed E-state index contributed by atoms with van der Waals surface area (Å²) in [5.41, 5.74) is 2.81. The maximum Gasteiger partial charge on any atom is 0.339 e. The van der Waals surface area contributed by atoms with Gasteiger partial charge in [-0.2, -0.15) is 8.42 Å². The van der Waals surface area contributed by atoms with E-state index in [2.05, 4.69) is 0 Å². The van der Waals surface area contributed by atoms with Crippen LogP contribution in [0.2, 0.25) is 0 Å². The van der Waals surface area contributed by atoms with Gasteiger partial charge in [0.05, 0.1) is 16.6 Å². The molecule has 2 aromatic heterocycles. The van der Waals surface area contributed by atoms with E-state index in [-0.39, 0.29) is 21.8 Å². The Morgan fingerprint density at radius 3 is 2.12 bits per heavy atom. The monoisotopic (exact) mass is 465 g/mol. The second-order valence-corrected chi connectivity index (χ2v) is 9.83. The minimum absolute atomic E-state index is 0.0313. The van der Waals surface area contributed by atoms with Crippen molar-refractivity contribution in [2.45, 2.75) is 11.8 Å². The van der Waals surface area contributed by atoms with Gasteiger partial charge in [-0.1, -0.05) is 78.4 Å². The Bertz CT molecular complexity index is 1860. The molecule has 2 heterocycles. The van der Waals surface area contributed by atoms with Crippen LogP contribution in [-0.4, -0.2) is 12.8 Å². The fourth-order valence-corrected chi connectivity index (χ4v) is 5.52. The number of aromatic nitrogens is 1. The topological polar surface area (TPSA) is 64.9 Å². The smallest absolute Gasteiger partial charge is 0.339 e. The van der Waals surface area contributed by atoms with Gasteiger partial charge in [0, 0.05) is 16.2 Å². The second-order valence-electron chi connectivity index (χ2n) is 8.28. The summed E-state index contributed by atoms with van der Waals surface area (Å²) in [6.45, 7) is 1.88. The lowest BCUT2D eigenvalue weighted by atomic mass is 10.0. The van der Waals surface area contributed by atoms with E-state index in [0.717, 1.165) is 21.9 Å². The SMILES string of the molecule is Cc1ccc(S(=O)(=O)Oc2c(-c3ccccc3)c(=O)n3c4ccccc4c4cccc2c43)cc1. The molecule has 0 bridgehead atoms. The van der Waals surface area contributed by atoms with Gasteiger partial charge in [-0.25, -0.2) is 0 Å². The van der Waals surface area contributed by atoms with E-state index in [1.807, 2.05) is 61.5 Å². The highest BCUT2D eigenvalue weighted by Gasteiger charge is 2.27. The van der Waals surface area contributed by atoms with Crippen LogP contribution < -0.4 is 9.74 Å². The van der Waals surface area contributed by atoms with Crippen LogP contribution in [0.4, 0.5) is 0 Å². The Kier molecular flexibility index (Phi) is 4.47. The van der Waals surface area contributed by atoms with E-state index in [0.29, 0.717) is 16.5 Å². The van der Waals surface area contributed by atoms with Crippen molar-refractivity contribution in [1.82, 2.24) is 4.40 Å². The van der Waals surface area contributed by atoms with Gasteiger partial charge in [-0.05, 0) is 36.8 Å². The third kappa shape index (κ3) is 2.99. The quantitative estimate of drug-likeness (QED) is 0.309. The van der Waals surface area contributed by atoms with Crippen molar-refractivity contribution < 1.29 is 12.6 Å². The summed E-state index contributed by atoms with van der Waals surface area (Å²) in [7, 11) is -4.19. The van der Waals surface area contributed by atoms with Crippen LogP contribution in [0, 0.1) is 6.92 Å². The number of para-hydroxylation sites is 2. The standard InChI is InChI=1S/C28H19NO4S/c1-18-14-16-20(17-15-18)34(31,32)33-27-23-12-7-11-22-21-10-5-6-13-24(21)29(26(22)23)28(30)25(27)19-8-3-2-4-9-19/h2-17H,1H3. The molecule has 0 unspecified atom stereocenters. The lowest BCUT2D eigenvalue weighted by Crippen LogP contribution is -2.19. The van der Waals surface area contributed by atoms with E-state index in [4.69, 9.17) is 4.18 Å². The van der Waals surface area contributed by atoms with Crippen molar-refractivity contribution in [2.75, 3.05) is 0 Å². The highest BCUT2D eigenvalue weighted by molar-refractivity contribution is 7.87. The summed E-state index contributed by atoms with van der Waals surface area (Å²) in [6.07, 6.45) is 0. The van der Waals surface area contributed by atoms with Crippen molar-refractivity contribution >= 4 is 37.3 Å². The molecule has 6 aromatic rings. The van der Waals surface area contributed by atoms with Gasteiger partial charge >= 0.3 is 10.1 Å². The van der Waals surface area contributed by atoms with E-state index in [9.17, 15) is 13.2 Å². The average Bonchev–Trinajstić information content (AvgIpc) is 3.19. The molecule has 0 N–H and O–H groups in total. The van der Waals surface area contributed by atoms with Crippen molar-refractivity contribution in [3.05, 3.63) is 113 Å². The average molecular weight is 466 g/mol. The van der Waals surface area contributed by atoms with Gasteiger partial charge < -0.3 is 4.18 Å². The van der Waals surface area contributed by atoms with Crippen LogP contribution in [0.25, 0.3) is 38.3 Å². The minimum atomic E-state index is -4.19. The maximum absolute atomic E-state index is 14.0. The van der Waals surface area contributed by atoms with Gasteiger partial charge in [0.25, 0.3) is 5.56 Å². The van der Waals surface area contributed by atoms with Crippen molar-refractivity contribution in [2.24, 2.45) is 0 Å². The third-order valence-electron chi connectivity index (χ3n) is 6.15. The summed E-state index contributed by atoms with van der Waals surface area (Å²) in [6, 6.07) is 28.7. The summed E-state index contributed by atoms with van der Waals surface area (Å²) in [4.78, 5) is 14.0. The Morgan fingerprint density at radius 2 is 1.35 bits per heavy atom. The zero-order valence-corrected chi connectivity index (χ0v) is 19.0. The number of nitrogens with zero attached hydrogens (tertiary/aromatic N) is 1. The van der Waals surface area contributed by atoms with Crippen LogP contribution in [0.1, 0.15) is 5.56 Å². The molecule has 0 aliphatic carbocycles. The normalized spacial score (nSPS) is 12.0. The summed E-state index contributed by atoms with van der Waals surface area (Å²) in [5.74, 6) is 0.0395. The number of pyridine rings is 1. The molecule has 0 aliphatic heterocycles. The largest absolute Gasteiger partial charge is 0.377 e. The molecule has 0 atom stereocenters. The highest BCUT2D eigenvalue weighted by Crippen LogP contribution is 2.40. The van der Waals surface area contributed by atoms with Crippen molar-refractivity contribution in [1.29, 1.82) is 0 Å². The molecule has 6 rings (SSSR count). The summed E-state index contributed by atoms with van der Waals surface area (Å²) in [5, 5.41) is 2.34. The molecule has 0 saturated heterocycles. The van der Waals surface area contributed by atoms with E-state index >= 15 is 0 Å². The molecule has 0 amide bonds. The van der Waals surface area contributed by atoms with Crippen molar-refractivity contribution in [3.8, 4) is 16.9 Å². The van der Waals surface area contributed by atoms with Crippen LogP contribution in [0.5, 0.6) is 5.75 Å². The van der Waals surface area contributed by atoms with Crippen LogP contribution in [0.15, 0.2) is 107 Å². The number of rotatable bonds is 4. The van der Waals surface area contributed by atoms with Gasteiger partial charge in [0.1, 0.15) is 4.90 Å². The first kappa shape index (κ1) is 20.4. The third-order valence-corrected chi connectivity index (χ3v) is 7.38. The molecule has 5 nitrogen and oxygen atoms in total. The fraction of sp³-hybridized carbons (Fsp3) is 0.0357. The van der Waals surface area contributed by atoms with Gasteiger partial charge in [0.2, 0.25) is 0 Å². The molecule has 166 valence electrons. The lowest BCUT2D eigenvalue weighted by molar-refractivity contribution is 0.489. The predicted molar refractivity (Wildman–Crippen MR) is 134 cm³/mol. The summed E-state index contributed by atoms with van der Waals surface area (Å²) < 4.78 is 34.1. The second kappa shape index (κ2) is 7.43. The molecular formula is C28H19NO4S. The lowest BCUT2D eigenvalue weighted by Gasteiger charge is -2.15. The minimum Gasteiger partial charge on any atom is -0.377 e. The molecule has 34 heavy (non-hydrogen) atoms. The first-order chi connectivity index (χ1) is 16.5. The first-order valence-electron chi connectivity index (χ1n) is 10.8. The van der Waals surface area contributed by atoms with Gasteiger partial charge in [-0.15, -0.1) is 0 Å². The van der Waals surface area contributed by atoms with Gasteiger partial charge in [-0.3, -0.25) is 9.20 Å². The molecular weight excluding hydrogens is 446 g/mol. The van der Waals surface area contributed by atoms with Crippen molar-refractivity contribution in [3.63, 3.8) is 0 Å². The van der Waals surface area contributed by atoms with Crippen LogP contribution in [-0.2, 0) is 10.1 Å². The number of hydrogen-bond donors (Lipinski definition) is 0. The zero-order valence-electron chi connectivity index (χ0n) is 18.2. The first-order valence-corrected chi connectivity index (χ1v) is 12.2. The predicted octanol–water partition coefficient (Wildman–Crippen LogP) is 5.79. The van der Waals surface area contributed by atoms with E-state index in [1.165, 1.54) is 12.1 Å². The number of hydrogen-bond acceptors (Lipinski definition) is 4. The Balaban J connectivity index is 1.75. The van der Waals surface area contributed by atoms with Gasteiger partial charge in [0.15, 0.2) is 5.75 Å². The fourth-order valence-electron chi connectivity index (χ4n) is 4.57. The molecule has 0 radical (unpaired) electrons. The number of benzene rings is 4. The molecule has 0 fully saturated rings.